The van der Waals surface area contributed by atoms with Crippen molar-refractivity contribution < 1.29 is 4.79 Å². The van der Waals surface area contributed by atoms with E-state index in [2.05, 4.69) is 26.3 Å². The Hall–Kier alpha value is -1.66. The summed E-state index contributed by atoms with van der Waals surface area (Å²) < 4.78 is 2.67. The standard InChI is InChI=1S/C16H19BrN4O/c17-12-4-3-5-13(10-12)21-9-6-14(20-21)15(22)19-16(11-18)7-1-2-8-16/h3-6,9-10H,1-2,7-8,11,18H2,(H,19,22). The van der Waals surface area contributed by atoms with Gasteiger partial charge in [0.1, 0.15) is 0 Å². The summed E-state index contributed by atoms with van der Waals surface area (Å²) in [5.41, 5.74) is 6.93. The monoisotopic (exact) mass is 362 g/mol. The minimum atomic E-state index is -0.253. The first-order valence-corrected chi connectivity index (χ1v) is 8.25. The van der Waals surface area contributed by atoms with Gasteiger partial charge in [0, 0.05) is 17.2 Å². The predicted octanol–water partition coefficient (Wildman–Crippen LogP) is 2.64. The van der Waals surface area contributed by atoms with Crippen LogP contribution in [0.1, 0.15) is 36.2 Å². The van der Waals surface area contributed by atoms with Crippen LogP contribution in [0, 0.1) is 0 Å². The van der Waals surface area contributed by atoms with E-state index in [1.54, 1.807) is 16.9 Å². The van der Waals surface area contributed by atoms with Crippen LogP contribution in [0.2, 0.25) is 0 Å². The van der Waals surface area contributed by atoms with E-state index in [0.29, 0.717) is 12.2 Å². The number of halogens is 1. The van der Waals surface area contributed by atoms with Crippen molar-refractivity contribution in [2.45, 2.75) is 31.2 Å². The van der Waals surface area contributed by atoms with Gasteiger partial charge in [-0.05, 0) is 37.1 Å². The Bertz CT molecular complexity index is 676. The van der Waals surface area contributed by atoms with E-state index >= 15 is 0 Å². The summed E-state index contributed by atoms with van der Waals surface area (Å²) in [5, 5.41) is 7.46. The number of rotatable bonds is 4. The lowest BCUT2D eigenvalue weighted by atomic mass is 9.97. The number of aromatic nitrogens is 2. The summed E-state index contributed by atoms with van der Waals surface area (Å²) >= 11 is 3.44. The zero-order valence-electron chi connectivity index (χ0n) is 12.3. The first-order chi connectivity index (χ1) is 10.6. The number of hydrogen-bond acceptors (Lipinski definition) is 3. The van der Waals surface area contributed by atoms with Crippen molar-refractivity contribution in [2.75, 3.05) is 6.54 Å². The maximum atomic E-state index is 12.4. The van der Waals surface area contributed by atoms with Gasteiger partial charge in [0.15, 0.2) is 5.69 Å². The van der Waals surface area contributed by atoms with Gasteiger partial charge in [-0.1, -0.05) is 34.8 Å². The highest BCUT2D eigenvalue weighted by molar-refractivity contribution is 9.10. The number of nitrogens with zero attached hydrogens (tertiary/aromatic N) is 2. The topological polar surface area (TPSA) is 72.9 Å². The van der Waals surface area contributed by atoms with Crippen LogP contribution >= 0.6 is 15.9 Å². The molecule has 22 heavy (non-hydrogen) atoms. The summed E-state index contributed by atoms with van der Waals surface area (Å²) in [6.45, 7) is 0.477. The third kappa shape index (κ3) is 3.08. The smallest absolute Gasteiger partial charge is 0.272 e. The van der Waals surface area contributed by atoms with Crippen LogP contribution < -0.4 is 11.1 Å². The van der Waals surface area contributed by atoms with Gasteiger partial charge in [0.05, 0.1) is 11.2 Å². The predicted molar refractivity (Wildman–Crippen MR) is 89.0 cm³/mol. The molecule has 6 heteroatoms. The number of carbonyl (C=O) groups is 1. The molecule has 2 aromatic rings. The lowest BCUT2D eigenvalue weighted by Crippen LogP contribution is -2.51. The van der Waals surface area contributed by atoms with Crippen molar-refractivity contribution in [1.29, 1.82) is 0 Å². The van der Waals surface area contributed by atoms with E-state index < -0.39 is 0 Å². The maximum absolute atomic E-state index is 12.4. The van der Waals surface area contributed by atoms with Crippen molar-refractivity contribution in [3.05, 3.63) is 46.7 Å². The van der Waals surface area contributed by atoms with E-state index in [4.69, 9.17) is 5.73 Å². The average molecular weight is 363 g/mol. The molecule has 1 aliphatic rings. The van der Waals surface area contributed by atoms with Crippen LogP contribution in [-0.2, 0) is 0 Å². The Balaban J connectivity index is 1.77. The Kier molecular flexibility index (Phi) is 4.31. The van der Waals surface area contributed by atoms with Gasteiger partial charge in [0.2, 0.25) is 0 Å². The van der Waals surface area contributed by atoms with Gasteiger partial charge in [-0.3, -0.25) is 4.79 Å². The third-order valence-corrected chi connectivity index (χ3v) is 4.72. The number of nitrogens with one attached hydrogen (secondary N) is 1. The fraction of sp³-hybridized carbons (Fsp3) is 0.375. The van der Waals surface area contributed by atoms with Crippen molar-refractivity contribution >= 4 is 21.8 Å². The molecule has 1 aliphatic carbocycles. The average Bonchev–Trinajstić information content (AvgIpc) is 3.17. The minimum absolute atomic E-state index is 0.152. The van der Waals surface area contributed by atoms with E-state index in [0.717, 1.165) is 35.8 Å². The fourth-order valence-corrected chi connectivity index (χ4v) is 3.33. The molecule has 0 saturated heterocycles. The molecule has 3 rings (SSSR count). The SMILES string of the molecule is NCC1(NC(=O)c2ccn(-c3cccc(Br)c3)n2)CCCC1. The van der Waals surface area contributed by atoms with Gasteiger partial charge >= 0.3 is 0 Å². The summed E-state index contributed by atoms with van der Waals surface area (Å²) in [4.78, 5) is 12.4. The molecular formula is C16H19BrN4O. The van der Waals surface area contributed by atoms with E-state index in [1.807, 2.05) is 24.3 Å². The summed E-state index contributed by atoms with van der Waals surface area (Å²) in [7, 11) is 0. The van der Waals surface area contributed by atoms with E-state index in [-0.39, 0.29) is 11.4 Å². The van der Waals surface area contributed by atoms with Crippen LogP contribution in [0.3, 0.4) is 0 Å². The molecule has 0 unspecified atom stereocenters. The molecule has 0 spiro atoms. The van der Waals surface area contributed by atoms with Gasteiger partial charge < -0.3 is 11.1 Å². The van der Waals surface area contributed by atoms with E-state index in [1.165, 1.54) is 0 Å². The fourth-order valence-electron chi connectivity index (χ4n) is 2.94. The normalized spacial score (nSPS) is 16.6. The highest BCUT2D eigenvalue weighted by atomic mass is 79.9. The molecule has 0 aliphatic heterocycles. The van der Waals surface area contributed by atoms with E-state index in [9.17, 15) is 4.79 Å². The Morgan fingerprint density at radius 2 is 2.14 bits per heavy atom. The van der Waals surface area contributed by atoms with Gasteiger partial charge in [-0.15, -0.1) is 0 Å². The number of nitrogens with two attached hydrogens (primary N) is 1. The summed E-state index contributed by atoms with van der Waals surface area (Å²) in [6.07, 6.45) is 5.91. The molecule has 0 radical (unpaired) electrons. The Morgan fingerprint density at radius 3 is 2.82 bits per heavy atom. The van der Waals surface area contributed by atoms with Gasteiger partial charge in [-0.2, -0.15) is 5.10 Å². The number of hydrogen-bond donors (Lipinski definition) is 2. The summed E-state index contributed by atoms with van der Waals surface area (Å²) in [5.74, 6) is -0.152. The quantitative estimate of drug-likeness (QED) is 0.877. The first-order valence-electron chi connectivity index (χ1n) is 7.46. The highest BCUT2D eigenvalue weighted by Gasteiger charge is 2.34. The summed E-state index contributed by atoms with van der Waals surface area (Å²) in [6, 6.07) is 9.51. The van der Waals surface area contributed by atoms with Crippen LogP contribution in [0.4, 0.5) is 0 Å². The van der Waals surface area contributed by atoms with Gasteiger partial charge in [-0.25, -0.2) is 4.68 Å². The molecule has 1 saturated carbocycles. The molecule has 0 atom stereocenters. The minimum Gasteiger partial charge on any atom is -0.344 e. The van der Waals surface area contributed by atoms with Gasteiger partial charge in [0.25, 0.3) is 5.91 Å². The Labute approximate surface area is 138 Å². The first kappa shape index (κ1) is 15.2. The molecule has 1 fully saturated rings. The van der Waals surface area contributed by atoms with Crippen molar-refractivity contribution in [2.24, 2.45) is 5.73 Å². The molecular weight excluding hydrogens is 344 g/mol. The molecule has 1 aromatic carbocycles. The lowest BCUT2D eigenvalue weighted by Gasteiger charge is -2.28. The van der Waals surface area contributed by atoms with Crippen LogP contribution in [0.25, 0.3) is 5.69 Å². The van der Waals surface area contributed by atoms with Crippen molar-refractivity contribution in [3.63, 3.8) is 0 Å². The van der Waals surface area contributed by atoms with Crippen LogP contribution in [0.5, 0.6) is 0 Å². The van der Waals surface area contributed by atoms with Crippen LogP contribution in [0.15, 0.2) is 41.0 Å². The maximum Gasteiger partial charge on any atom is 0.272 e. The second-order valence-corrected chi connectivity index (χ2v) is 6.69. The van der Waals surface area contributed by atoms with Crippen molar-refractivity contribution in [3.8, 4) is 5.69 Å². The number of carbonyl (C=O) groups excluding carboxylic acids is 1. The molecule has 0 bridgehead atoms. The molecule has 3 N–H and O–H groups in total. The molecule has 1 heterocycles. The second-order valence-electron chi connectivity index (χ2n) is 5.77. The third-order valence-electron chi connectivity index (χ3n) is 4.22. The van der Waals surface area contributed by atoms with Crippen LogP contribution in [-0.4, -0.2) is 27.8 Å². The zero-order chi connectivity index (χ0) is 15.6. The lowest BCUT2D eigenvalue weighted by molar-refractivity contribution is 0.0897. The largest absolute Gasteiger partial charge is 0.344 e. The molecule has 116 valence electrons. The number of amides is 1. The zero-order valence-corrected chi connectivity index (χ0v) is 13.8. The number of benzene rings is 1. The second kappa shape index (κ2) is 6.22. The Morgan fingerprint density at radius 1 is 1.36 bits per heavy atom. The highest BCUT2D eigenvalue weighted by Crippen LogP contribution is 2.28. The molecule has 5 nitrogen and oxygen atoms in total. The van der Waals surface area contributed by atoms with Crippen molar-refractivity contribution in [1.82, 2.24) is 15.1 Å². The molecule has 1 amide bonds. The molecule has 1 aromatic heterocycles.